The molecule has 4 amide bonds. The number of amides is 4. The van der Waals surface area contributed by atoms with Crippen molar-refractivity contribution >= 4 is 36.1 Å². The fourth-order valence-corrected chi connectivity index (χ4v) is 4.47. The molecule has 2 atom stereocenters. The number of aldehydes is 1. The lowest BCUT2D eigenvalue weighted by Gasteiger charge is -2.35. The van der Waals surface area contributed by atoms with Crippen LogP contribution in [0.15, 0.2) is 54.6 Å². The van der Waals surface area contributed by atoms with Crippen molar-refractivity contribution in [3.05, 3.63) is 71.3 Å². The van der Waals surface area contributed by atoms with Crippen LogP contribution in [0.3, 0.4) is 0 Å². The van der Waals surface area contributed by atoms with Crippen LogP contribution >= 0.6 is 0 Å². The molecule has 0 spiro atoms. The summed E-state index contributed by atoms with van der Waals surface area (Å²) in [5, 5.41) is 1.86. The van der Waals surface area contributed by atoms with E-state index >= 15 is 0 Å². The molecule has 2 heterocycles. The molecule has 2 aromatic carbocycles. The maximum absolute atomic E-state index is 13.9. The molecule has 0 saturated carbocycles. The number of nitrogens with zero attached hydrogens (tertiary/aromatic N) is 3. The van der Waals surface area contributed by atoms with Gasteiger partial charge in [-0.1, -0.05) is 42.5 Å². The lowest BCUT2D eigenvalue weighted by molar-refractivity contribution is -0.162. The van der Waals surface area contributed by atoms with Gasteiger partial charge in [0.1, 0.15) is 18.9 Å². The van der Waals surface area contributed by atoms with Crippen molar-refractivity contribution in [3.8, 4) is 0 Å². The number of fused-ring (bicyclic) bond motifs is 1. The number of benzene rings is 2. The summed E-state index contributed by atoms with van der Waals surface area (Å²) in [6.07, 6.45) is -0.600. The van der Waals surface area contributed by atoms with Crippen molar-refractivity contribution in [1.29, 1.82) is 0 Å². The first-order chi connectivity index (χ1) is 17.9. The Morgan fingerprint density at radius 3 is 2.22 bits per heavy atom. The van der Waals surface area contributed by atoms with Gasteiger partial charge in [0, 0.05) is 19.4 Å². The lowest BCUT2D eigenvalue weighted by atomic mass is 10.1. The number of carbonyl (C=O) groups is 6. The van der Waals surface area contributed by atoms with Crippen LogP contribution in [0.5, 0.6) is 0 Å². The quantitative estimate of drug-likeness (QED) is 0.301. The highest BCUT2D eigenvalue weighted by molar-refractivity contribution is 6.23. The van der Waals surface area contributed by atoms with Crippen LogP contribution in [-0.2, 0) is 30.5 Å². The number of rotatable bonds is 8. The number of hydrazine groups is 1. The Morgan fingerprint density at radius 2 is 1.62 bits per heavy atom. The van der Waals surface area contributed by atoms with Crippen LogP contribution in [-0.4, -0.2) is 76.7 Å². The predicted octanol–water partition coefficient (Wildman–Crippen LogP) is 1.96. The first-order valence-electron chi connectivity index (χ1n) is 11.7. The number of ether oxygens (including phenoxy) is 2. The third-order valence-corrected chi connectivity index (χ3v) is 6.26. The van der Waals surface area contributed by atoms with E-state index < -0.39 is 41.9 Å². The van der Waals surface area contributed by atoms with E-state index in [2.05, 4.69) is 0 Å². The molecule has 0 aromatic heterocycles. The molecule has 1 fully saturated rings. The minimum absolute atomic E-state index is 0.0400. The summed E-state index contributed by atoms with van der Waals surface area (Å²) in [6, 6.07) is 12.4. The van der Waals surface area contributed by atoms with Gasteiger partial charge in [0.15, 0.2) is 6.04 Å². The Balaban J connectivity index is 1.64. The second-order valence-electron chi connectivity index (χ2n) is 8.46. The lowest BCUT2D eigenvalue weighted by Crippen LogP contribution is -2.58. The molecule has 11 nitrogen and oxygen atoms in total. The highest BCUT2D eigenvalue weighted by Gasteiger charge is 2.50. The molecular formula is C26H25N3O8. The average molecular weight is 507 g/mol. The van der Waals surface area contributed by atoms with Crippen molar-refractivity contribution in [3.63, 3.8) is 0 Å². The Bertz CT molecular complexity index is 1200. The fraction of sp³-hybridized carbons (Fsp3) is 0.308. The molecule has 0 aliphatic carbocycles. The maximum Gasteiger partial charge on any atom is 0.429 e. The van der Waals surface area contributed by atoms with E-state index in [-0.39, 0.29) is 43.5 Å². The molecule has 0 bridgehead atoms. The molecule has 2 aliphatic rings. The third-order valence-electron chi connectivity index (χ3n) is 6.26. The first-order valence-corrected chi connectivity index (χ1v) is 11.7. The topological polar surface area (TPSA) is 131 Å². The van der Waals surface area contributed by atoms with Gasteiger partial charge in [-0.3, -0.25) is 19.3 Å². The van der Waals surface area contributed by atoms with Crippen LogP contribution in [0.1, 0.15) is 45.5 Å². The van der Waals surface area contributed by atoms with Gasteiger partial charge in [-0.05, 0) is 24.1 Å². The molecular weight excluding hydrogens is 482 g/mol. The van der Waals surface area contributed by atoms with Crippen LogP contribution in [0.4, 0.5) is 4.79 Å². The largest absolute Gasteiger partial charge is 0.467 e. The summed E-state index contributed by atoms with van der Waals surface area (Å²) < 4.78 is 10.2. The number of esters is 1. The summed E-state index contributed by atoms with van der Waals surface area (Å²) in [4.78, 5) is 77.7. The van der Waals surface area contributed by atoms with Gasteiger partial charge < -0.3 is 14.3 Å². The molecule has 0 radical (unpaired) electrons. The highest BCUT2D eigenvalue weighted by Crippen LogP contribution is 2.30. The van der Waals surface area contributed by atoms with Gasteiger partial charge in [0.25, 0.3) is 17.7 Å². The van der Waals surface area contributed by atoms with Crippen LogP contribution < -0.4 is 0 Å². The van der Waals surface area contributed by atoms with Gasteiger partial charge >= 0.3 is 12.1 Å². The third kappa shape index (κ3) is 4.92. The molecule has 192 valence electrons. The van der Waals surface area contributed by atoms with Gasteiger partial charge in [0.2, 0.25) is 0 Å². The molecule has 1 saturated heterocycles. The van der Waals surface area contributed by atoms with E-state index in [0.717, 1.165) is 22.0 Å². The molecule has 11 heteroatoms. The summed E-state index contributed by atoms with van der Waals surface area (Å²) in [7, 11) is 1.15. The Morgan fingerprint density at radius 1 is 1.00 bits per heavy atom. The van der Waals surface area contributed by atoms with Gasteiger partial charge in [-0.25, -0.2) is 19.6 Å². The summed E-state index contributed by atoms with van der Waals surface area (Å²) in [5.41, 5.74) is 0.968. The average Bonchev–Trinajstić information content (AvgIpc) is 3.48. The van der Waals surface area contributed by atoms with Crippen molar-refractivity contribution in [2.24, 2.45) is 0 Å². The Kier molecular flexibility index (Phi) is 7.61. The minimum Gasteiger partial charge on any atom is -0.467 e. The van der Waals surface area contributed by atoms with Crippen molar-refractivity contribution in [2.45, 2.75) is 38.0 Å². The SMILES string of the molecule is COC(=O)C1CCN(C(=O)OCc2ccccc2)N1C(=O)C(CCC=O)N1C(=O)c2ccccc2C1=O. The van der Waals surface area contributed by atoms with Crippen molar-refractivity contribution in [1.82, 2.24) is 14.9 Å². The maximum atomic E-state index is 13.9. The first kappa shape index (κ1) is 25.5. The number of carbonyl (C=O) groups excluding carboxylic acids is 6. The van der Waals surface area contributed by atoms with E-state index in [9.17, 15) is 28.8 Å². The zero-order valence-electron chi connectivity index (χ0n) is 20.1. The molecule has 4 rings (SSSR count). The fourth-order valence-electron chi connectivity index (χ4n) is 4.47. The molecule has 2 aromatic rings. The molecule has 2 aliphatic heterocycles. The normalized spacial score (nSPS) is 17.4. The van der Waals surface area contributed by atoms with Gasteiger partial charge in [0.05, 0.1) is 18.2 Å². The minimum atomic E-state index is -1.44. The predicted molar refractivity (Wildman–Crippen MR) is 127 cm³/mol. The summed E-state index contributed by atoms with van der Waals surface area (Å²) in [6.45, 7) is -0.115. The van der Waals surface area contributed by atoms with E-state index in [1.807, 2.05) is 6.07 Å². The number of imide groups is 1. The Labute approximate surface area is 212 Å². The highest BCUT2D eigenvalue weighted by atomic mass is 16.6. The summed E-state index contributed by atoms with van der Waals surface area (Å²) in [5.74, 6) is -3.04. The van der Waals surface area contributed by atoms with Crippen LogP contribution in [0.2, 0.25) is 0 Å². The Hall–Kier alpha value is -4.54. The number of methoxy groups -OCH3 is 1. The van der Waals surface area contributed by atoms with Gasteiger partial charge in [-0.15, -0.1) is 0 Å². The molecule has 37 heavy (non-hydrogen) atoms. The standard InChI is InChI=1S/C26H25N3O8/c1-36-25(34)21-13-14-27(26(35)37-16-17-8-3-2-4-9-17)29(21)24(33)20(12-7-15-30)28-22(31)18-10-5-6-11-19(18)23(28)32/h2-6,8-11,15,20-21H,7,12-14,16H2,1H3. The second-order valence-corrected chi connectivity index (χ2v) is 8.46. The summed E-state index contributed by atoms with van der Waals surface area (Å²) >= 11 is 0. The number of hydrogen-bond acceptors (Lipinski definition) is 8. The van der Waals surface area contributed by atoms with Crippen molar-refractivity contribution in [2.75, 3.05) is 13.7 Å². The zero-order valence-corrected chi connectivity index (χ0v) is 20.1. The number of hydrogen-bond donors (Lipinski definition) is 0. The van der Waals surface area contributed by atoms with E-state index in [4.69, 9.17) is 9.47 Å². The van der Waals surface area contributed by atoms with Crippen molar-refractivity contribution < 1.29 is 38.2 Å². The smallest absolute Gasteiger partial charge is 0.429 e. The monoisotopic (exact) mass is 507 g/mol. The van der Waals surface area contributed by atoms with E-state index in [1.54, 1.807) is 36.4 Å². The van der Waals surface area contributed by atoms with Crippen LogP contribution in [0, 0.1) is 0 Å². The van der Waals surface area contributed by atoms with E-state index in [0.29, 0.717) is 11.8 Å². The molecule has 2 unspecified atom stereocenters. The second kappa shape index (κ2) is 11.0. The zero-order chi connectivity index (χ0) is 26.5. The van der Waals surface area contributed by atoms with Gasteiger partial charge in [-0.2, -0.15) is 0 Å². The van der Waals surface area contributed by atoms with E-state index in [1.165, 1.54) is 12.1 Å². The molecule has 0 N–H and O–H groups in total. The van der Waals surface area contributed by atoms with Crippen LogP contribution in [0.25, 0.3) is 0 Å².